The summed E-state index contributed by atoms with van der Waals surface area (Å²) in [6.45, 7) is 10.4. The van der Waals surface area contributed by atoms with Gasteiger partial charge in [0.25, 0.3) is 0 Å². The van der Waals surface area contributed by atoms with E-state index < -0.39 is 0 Å². The lowest BCUT2D eigenvalue weighted by Crippen LogP contribution is -2.50. The fraction of sp³-hybridized carbons (Fsp3) is 0.786. The highest BCUT2D eigenvalue weighted by atomic mass is 16.5. The van der Waals surface area contributed by atoms with Gasteiger partial charge in [0.2, 0.25) is 0 Å². The zero-order chi connectivity index (χ0) is 14.6. The summed E-state index contributed by atoms with van der Waals surface area (Å²) in [4.78, 5) is 2.23. The lowest BCUT2D eigenvalue weighted by atomic mass is 9.90. The van der Waals surface area contributed by atoms with Gasteiger partial charge < -0.3 is 15.0 Å². The smallest absolute Gasteiger partial charge is 0.161 e. The van der Waals surface area contributed by atoms with E-state index in [4.69, 9.17) is 4.74 Å². The van der Waals surface area contributed by atoms with Crippen LogP contribution in [0.25, 0.3) is 0 Å². The molecular weight excluding hydrogens is 240 g/mol. The summed E-state index contributed by atoms with van der Waals surface area (Å²) in [6, 6.07) is 0.157. The average molecular weight is 268 g/mol. The van der Waals surface area contributed by atoms with E-state index >= 15 is 0 Å². The van der Waals surface area contributed by atoms with Crippen molar-refractivity contribution in [1.29, 1.82) is 0 Å². The first-order chi connectivity index (χ1) is 8.89. The molecule has 1 aromatic heterocycles. The van der Waals surface area contributed by atoms with E-state index in [1.165, 1.54) is 0 Å². The maximum atomic E-state index is 5.49. The molecule has 1 aromatic rings. The van der Waals surface area contributed by atoms with Gasteiger partial charge in [-0.1, -0.05) is 6.92 Å². The van der Waals surface area contributed by atoms with E-state index in [1.54, 1.807) is 13.3 Å². The van der Waals surface area contributed by atoms with Crippen LogP contribution in [-0.2, 0) is 6.54 Å². The number of ether oxygens (including phenoxy) is 1. The first kappa shape index (κ1) is 16.0. The summed E-state index contributed by atoms with van der Waals surface area (Å²) in [5.74, 6) is 0.850. The number of likely N-dealkylation sites (N-methyl/N-ethyl adjacent to an activating group) is 2. The summed E-state index contributed by atoms with van der Waals surface area (Å²) >= 11 is 0. The highest BCUT2D eigenvalue weighted by Crippen LogP contribution is 2.34. The minimum Gasteiger partial charge on any atom is -0.493 e. The summed E-state index contributed by atoms with van der Waals surface area (Å²) < 4.78 is 7.50. The Labute approximate surface area is 116 Å². The number of aryl methyl sites for hydroxylation is 1. The minimum absolute atomic E-state index is 0.0454. The molecule has 0 spiro atoms. The van der Waals surface area contributed by atoms with Crippen LogP contribution in [0.1, 0.15) is 39.4 Å². The zero-order valence-corrected chi connectivity index (χ0v) is 13.3. The Bertz CT molecular complexity index is 377. The predicted octanol–water partition coefficient (Wildman–Crippen LogP) is 1.90. The van der Waals surface area contributed by atoms with Crippen molar-refractivity contribution >= 4 is 0 Å². The van der Waals surface area contributed by atoms with Crippen LogP contribution in [0, 0.1) is 0 Å². The number of aromatic nitrogens is 2. The fourth-order valence-corrected chi connectivity index (χ4v) is 2.22. The van der Waals surface area contributed by atoms with Crippen molar-refractivity contribution in [3.05, 3.63) is 11.9 Å². The van der Waals surface area contributed by atoms with Crippen LogP contribution in [-0.4, -0.2) is 48.0 Å². The first-order valence-electron chi connectivity index (χ1n) is 6.90. The van der Waals surface area contributed by atoms with Gasteiger partial charge in [0.15, 0.2) is 5.75 Å². The van der Waals surface area contributed by atoms with Crippen LogP contribution in [0.15, 0.2) is 6.20 Å². The molecule has 1 unspecified atom stereocenters. The van der Waals surface area contributed by atoms with E-state index in [0.29, 0.717) is 0 Å². The van der Waals surface area contributed by atoms with Crippen LogP contribution in [0.2, 0.25) is 0 Å². The van der Waals surface area contributed by atoms with Gasteiger partial charge in [-0.05, 0) is 41.4 Å². The molecule has 0 aromatic carbocycles. The summed E-state index contributed by atoms with van der Waals surface area (Å²) in [5, 5.41) is 7.99. The predicted molar refractivity (Wildman–Crippen MR) is 78.6 cm³/mol. The molecule has 0 aliphatic heterocycles. The van der Waals surface area contributed by atoms with Crippen molar-refractivity contribution < 1.29 is 4.74 Å². The van der Waals surface area contributed by atoms with Gasteiger partial charge in [-0.2, -0.15) is 5.10 Å². The van der Waals surface area contributed by atoms with Gasteiger partial charge in [-0.25, -0.2) is 0 Å². The molecule has 5 nitrogen and oxygen atoms in total. The molecule has 110 valence electrons. The third-order valence-electron chi connectivity index (χ3n) is 3.91. The molecule has 0 bridgehead atoms. The number of methoxy groups -OCH3 is 1. The van der Waals surface area contributed by atoms with E-state index in [-0.39, 0.29) is 11.6 Å². The van der Waals surface area contributed by atoms with Crippen molar-refractivity contribution in [3.8, 4) is 5.75 Å². The maximum Gasteiger partial charge on any atom is 0.161 e. The van der Waals surface area contributed by atoms with Gasteiger partial charge in [0.1, 0.15) is 0 Å². The van der Waals surface area contributed by atoms with E-state index in [1.807, 2.05) is 4.68 Å². The molecule has 1 atom stereocenters. The Morgan fingerprint density at radius 2 is 2.05 bits per heavy atom. The zero-order valence-electron chi connectivity index (χ0n) is 13.3. The van der Waals surface area contributed by atoms with Crippen LogP contribution in [0.5, 0.6) is 5.75 Å². The average Bonchev–Trinajstić information content (AvgIpc) is 2.77. The highest BCUT2D eigenvalue weighted by molar-refractivity contribution is 5.31. The van der Waals surface area contributed by atoms with Crippen LogP contribution < -0.4 is 10.1 Å². The van der Waals surface area contributed by atoms with Crippen molar-refractivity contribution in [2.45, 2.75) is 45.8 Å². The molecule has 5 heteroatoms. The quantitative estimate of drug-likeness (QED) is 0.820. The lowest BCUT2D eigenvalue weighted by molar-refractivity contribution is 0.132. The van der Waals surface area contributed by atoms with Gasteiger partial charge in [-0.3, -0.25) is 4.68 Å². The van der Waals surface area contributed by atoms with E-state index in [0.717, 1.165) is 24.5 Å². The SMILES string of the molecule is CCNC(c1c(OC)cnn1CC)C(C)(C)N(C)C. The second kappa shape index (κ2) is 6.39. The lowest BCUT2D eigenvalue weighted by Gasteiger charge is -2.40. The summed E-state index contributed by atoms with van der Waals surface area (Å²) in [6.07, 6.45) is 1.80. The van der Waals surface area contributed by atoms with Crippen molar-refractivity contribution in [1.82, 2.24) is 20.0 Å². The number of rotatable bonds is 7. The van der Waals surface area contributed by atoms with Crippen LogP contribution in [0.4, 0.5) is 0 Å². The molecule has 0 fully saturated rings. The molecule has 0 saturated carbocycles. The molecule has 0 amide bonds. The van der Waals surface area contributed by atoms with E-state index in [9.17, 15) is 0 Å². The molecule has 1 N–H and O–H groups in total. The molecular formula is C14H28N4O. The second-order valence-electron chi connectivity index (χ2n) is 5.45. The number of nitrogens with zero attached hydrogens (tertiary/aromatic N) is 3. The Kier molecular flexibility index (Phi) is 5.38. The maximum absolute atomic E-state index is 5.49. The normalized spacial score (nSPS) is 13.9. The number of nitrogens with one attached hydrogen (secondary N) is 1. The monoisotopic (exact) mass is 268 g/mol. The minimum atomic E-state index is -0.0454. The van der Waals surface area contributed by atoms with Gasteiger partial charge in [0, 0.05) is 12.1 Å². The molecule has 0 saturated heterocycles. The summed E-state index contributed by atoms with van der Waals surface area (Å²) in [7, 11) is 5.90. The molecule has 1 heterocycles. The molecule has 19 heavy (non-hydrogen) atoms. The summed E-state index contributed by atoms with van der Waals surface area (Å²) in [5.41, 5.74) is 1.07. The first-order valence-corrected chi connectivity index (χ1v) is 6.90. The van der Waals surface area contributed by atoms with Gasteiger partial charge >= 0.3 is 0 Å². The number of hydrogen-bond acceptors (Lipinski definition) is 4. The third kappa shape index (κ3) is 3.09. The Morgan fingerprint density at radius 3 is 2.47 bits per heavy atom. The van der Waals surface area contributed by atoms with Gasteiger partial charge in [0.05, 0.1) is 25.0 Å². The van der Waals surface area contributed by atoms with Gasteiger partial charge in [-0.15, -0.1) is 0 Å². The molecule has 0 aliphatic carbocycles. The van der Waals surface area contributed by atoms with Crippen LogP contribution >= 0.6 is 0 Å². The van der Waals surface area contributed by atoms with Crippen molar-refractivity contribution in [3.63, 3.8) is 0 Å². The molecule has 0 aliphatic rings. The number of hydrogen-bond donors (Lipinski definition) is 1. The topological polar surface area (TPSA) is 42.3 Å². The fourth-order valence-electron chi connectivity index (χ4n) is 2.22. The van der Waals surface area contributed by atoms with E-state index in [2.05, 4.69) is 57.1 Å². The Hall–Kier alpha value is -1.07. The second-order valence-corrected chi connectivity index (χ2v) is 5.45. The van der Waals surface area contributed by atoms with Crippen molar-refractivity contribution in [2.24, 2.45) is 0 Å². The highest BCUT2D eigenvalue weighted by Gasteiger charge is 2.36. The van der Waals surface area contributed by atoms with Crippen LogP contribution in [0.3, 0.4) is 0 Å². The standard InChI is InChI=1S/C14H28N4O/c1-8-15-13(14(3,4)17(5)6)12-11(19-7)10-16-18(12)9-2/h10,13,15H,8-9H2,1-7H3. The Morgan fingerprint density at radius 1 is 1.42 bits per heavy atom. The largest absolute Gasteiger partial charge is 0.493 e. The molecule has 0 radical (unpaired) electrons. The Balaban J connectivity index is 3.29. The van der Waals surface area contributed by atoms with Crippen molar-refractivity contribution in [2.75, 3.05) is 27.7 Å². The molecule has 1 rings (SSSR count). The third-order valence-corrected chi connectivity index (χ3v) is 3.91.